The summed E-state index contributed by atoms with van der Waals surface area (Å²) in [6.45, 7) is 3.19. The molecular formula is C15H22N2O2. The van der Waals surface area contributed by atoms with E-state index in [1.54, 1.807) is 7.11 Å². The average molecular weight is 262 g/mol. The Morgan fingerprint density at radius 3 is 2.68 bits per heavy atom. The quantitative estimate of drug-likeness (QED) is 0.845. The first-order valence-electron chi connectivity index (χ1n) is 7.06. The maximum absolute atomic E-state index is 5.95. The summed E-state index contributed by atoms with van der Waals surface area (Å²) in [7, 11) is 1.66. The van der Waals surface area contributed by atoms with Gasteiger partial charge in [0.2, 0.25) is 0 Å². The average Bonchev–Trinajstić information content (AvgIpc) is 2.46. The molecule has 3 fully saturated rings. The van der Waals surface area contributed by atoms with Crippen LogP contribution in [0.4, 0.5) is 5.69 Å². The van der Waals surface area contributed by atoms with Gasteiger partial charge in [0.05, 0.1) is 7.11 Å². The summed E-state index contributed by atoms with van der Waals surface area (Å²) in [5.41, 5.74) is 6.51. The molecule has 0 radical (unpaired) electrons. The summed E-state index contributed by atoms with van der Waals surface area (Å²) in [5.74, 6) is 2.41. The molecule has 0 aliphatic carbocycles. The number of fused-ring (bicyclic) bond motifs is 3. The molecule has 0 aromatic heterocycles. The predicted molar refractivity (Wildman–Crippen MR) is 75.6 cm³/mol. The lowest BCUT2D eigenvalue weighted by atomic mass is 9.83. The summed E-state index contributed by atoms with van der Waals surface area (Å²) in [6.07, 6.45) is 3.99. The lowest BCUT2D eigenvalue weighted by Gasteiger charge is -2.45. The van der Waals surface area contributed by atoms with Crippen molar-refractivity contribution in [1.29, 1.82) is 0 Å². The number of nitrogens with zero attached hydrogens (tertiary/aromatic N) is 1. The second kappa shape index (κ2) is 5.29. The fraction of sp³-hybridized carbons (Fsp3) is 0.600. The second-order valence-electron chi connectivity index (χ2n) is 5.59. The van der Waals surface area contributed by atoms with Crippen LogP contribution in [0.1, 0.15) is 19.3 Å². The highest BCUT2D eigenvalue weighted by atomic mass is 16.5. The van der Waals surface area contributed by atoms with E-state index in [1.165, 1.54) is 32.4 Å². The van der Waals surface area contributed by atoms with Crippen LogP contribution in [0.5, 0.6) is 11.5 Å². The van der Waals surface area contributed by atoms with Crippen LogP contribution in [0.15, 0.2) is 18.2 Å². The number of ether oxygens (including phenoxy) is 2. The van der Waals surface area contributed by atoms with Crippen LogP contribution in [-0.4, -0.2) is 37.7 Å². The summed E-state index contributed by atoms with van der Waals surface area (Å²) in [5, 5.41) is 0. The maximum Gasteiger partial charge on any atom is 0.163 e. The Bertz CT molecular complexity index is 442. The molecule has 4 rings (SSSR count). The van der Waals surface area contributed by atoms with Gasteiger partial charge in [-0.25, -0.2) is 0 Å². The molecule has 104 valence electrons. The number of anilines is 1. The summed E-state index contributed by atoms with van der Waals surface area (Å²) in [6, 6.07) is 6.09. The van der Waals surface area contributed by atoms with E-state index in [0.717, 1.165) is 24.0 Å². The Kier molecular flexibility index (Phi) is 3.51. The van der Waals surface area contributed by atoms with Gasteiger partial charge in [0.15, 0.2) is 11.5 Å². The van der Waals surface area contributed by atoms with Crippen LogP contribution < -0.4 is 15.2 Å². The number of hydrogen-bond acceptors (Lipinski definition) is 4. The highest BCUT2D eigenvalue weighted by Crippen LogP contribution is 2.34. The van der Waals surface area contributed by atoms with Crippen molar-refractivity contribution in [2.45, 2.75) is 25.3 Å². The van der Waals surface area contributed by atoms with E-state index in [0.29, 0.717) is 11.7 Å². The molecule has 1 aromatic carbocycles. The van der Waals surface area contributed by atoms with E-state index in [-0.39, 0.29) is 0 Å². The number of nitrogens with two attached hydrogens (primary N) is 1. The molecule has 2 bridgehead atoms. The normalized spacial score (nSPS) is 29.2. The molecule has 3 aliphatic rings. The van der Waals surface area contributed by atoms with Gasteiger partial charge in [-0.05, 0) is 50.4 Å². The van der Waals surface area contributed by atoms with Gasteiger partial charge in [-0.1, -0.05) is 0 Å². The molecular weight excluding hydrogens is 240 g/mol. The van der Waals surface area contributed by atoms with Crippen LogP contribution >= 0.6 is 0 Å². The first-order valence-corrected chi connectivity index (χ1v) is 7.06. The number of hydrogen-bond donors (Lipinski definition) is 1. The lowest BCUT2D eigenvalue weighted by molar-refractivity contribution is 0.0234. The Hall–Kier alpha value is -1.42. The zero-order valence-electron chi connectivity index (χ0n) is 11.5. The van der Waals surface area contributed by atoms with E-state index >= 15 is 0 Å². The number of nitrogen functional groups attached to an aromatic ring is 1. The van der Waals surface area contributed by atoms with Crippen LogP contribution in [0, 0.1) is 5.92 Å². The summed E-state index contributed by atoms with van der Waals surface area (Å²) in [4.78, 5) is 2.55. The minimum Gasteiger partial charge on any atom is -0.493 e. The first-order chi connectivity index (χ1) is 9.26. The Morgan fingerprint density at radius 2 is 2.05 bits per heavy atom. The van der Waals surface area contributed by atoms with Crippen molar-refractivity contribution < 1.29 is 9.47 Å². The van der Waals surface area contributed by atoms with Crippen molar-refractivity contribution in [3.8, 4) is 11.5 Å². The number of piperidine rings is 3. The van der Waals surface area contributed by atoms with E-state index < -0.39 is 0 Å². The van der Waals surface area contributed by atoms with Gasteiger partial charge < -0.3 is 15.2 Å². The van der Waals surface area contributed by atoms with E-state index in [4.69, 9.17) is 15.2 Å². The molecule has 1 unspecified atom stereocenters. The van der Waals surface area contributed by atoms with Gasteiger partial charge in [0.1, 0.15) is 6.61 Å². The van der Waals surface area contributed by atoms with Gasteiger partial charge in [-0.15, -0.1) is 0 Å². The lowest BCUT2D eigenvalue weighted by Crippen LogP contribution is -2.51. The Balaban J connectivity index is 1.64. The standard InChI is InChI=1S/C15H22N2O2/c1-18-14-3-2-12(16)9-15(14)19-10-13-8-11-4-6-17(13)7-5-11/h2-3,9,11,13H,4-8,10,16H2,1H3. The molecule has 4 nitrogen and oxygen atoms in total. The molecule has 19 heavy (non-hydrogen) atoms. The van der Waals surface area contributed by atoms with Gasteiger partial charge in [-0.2, -0.15) is 0 Å². The fourth-order valence-electron chi connectivity index (χ4n) is 3.25. The zero-order valence-corrected chi connectivity index (χ0v) is 11.5. The molecule has 4 heteroatoms. The van der Waals surface area contributed by atoms with Crippen molar-refractivity contribution in [3.63, 3.8) is 0 Å². The Labute approximate surface area is 114 Å². The predicted octanol–water partition coefficient (Wildman–Crippen LogP) is 2.14. The molecule has 3 heterocycles. The smallest absolute Gasteiger partial charge is 0.163 e. The molecule has 0 amide bonds. The fourth-order valence-corrected chi connectivity index (χ4v) is 3.25. The minimum absolute atomic E-state index is 0.554. The summed E-state index contributed by atoms with van der Waals surface area (Å²) < 4.78 is 11.3. The molecule has 3 saturated heterocycles. The topological polar surface area (TPSA) is 47.7 Å². The summed E-state index contributed by atoms with van der Waals surface area (Å²) >= 11 is 0. The third-order valence-corrected chi connectivity index (χ3v) is 4.39. The largest absolute Gasteiger partial charge is 0.493 e. The van der Waals surface area contributed by atoms with E-state index in [2.05, 4.69) is 4.90 Å². The molecule has 0 spiro atoms. The van der Waals surface area contributed by atoms with E-state index in [9.17, 15) is 0 Å². The van der Waals surface area contributed by atoms with Crippen molar-refractivity contribution in [1.82, 2.24) is 4.90 Å². The van der Waals surface area contributed by atoms with Crippen molar-refractivity contribution in [2.24, 2.45) is 5.92 Å². The van der Waals surface area contributed by atoms with Crippen LogP contribution in [0.25, 0.3) is 0 Å². The monoisotopic (exact) mass is 262 g/mol. The molecule has 0 saturated carbocycles. The molecule has 1 aromatic rings. The third kappa shape index (κ3) is 2.63. The van der Waals surface area contributed by atoms with Gasteiger partial charge in [-0.3, -0.25) is 4.90 Å². The van der Waals surface area contributed by atoms with Gasteiger partial charge in [0.25, 0.3) is 0 Å². The van der Waals surface area contributed by atoms with Crippen molar-refractivity contribution >= 4 is 5.69 Å². The van der Waals surface area contributed by atoms with Gasteiger partial charge in [0, 0.05) is 17.8 Å². The van der Waals surface area contributed by atoms with Gasteiger partial charge >= 0.3 is 0 Å². The highest BCUT2D eigenvalue weighted by Gasteiger charge is 2.33. The second-order valence-corrected chi connectivity index (χ2v) is 5.59. The van der Waals surface area contributed by atoms with Crippen LogP contribution in [-0.2, 0) is 0 Å². The molecule has 1 atom stereocenters. The first kappa shape index (κ1) is 12.6. The number of rotatable bonds is 4. The van der Waals surface area contributed by atoms with Crippen molar-refractivity contribution in [2.75, 3.05) is 32.5 Å². The Morgan fingerprint density at radius 1 is 1.26 bits per heavy atom. The van der Waals surface area contributed by atoms with Crippen molar-refractivity contribution in [3.05, 3.63) is 18.2 Å². The highest BCUT2D eigenvalue weighted by molar-refractivity contribution is 5.51. The van der Waals surface area contributed by atoms with E-state index in [1.807, 2.05) is 18.2 Å². The minimum atomic E-state index is 0.554. The third-order valence-electron chi connectivity index (χ3n) is 4.39. The molecule has 3 aliphatic heterocycles. The molecule has 2 N–H and O–H groups in total. The number of methoxy groups -OCH3 is 1. The number of benzene rings is 1. The van der Waals surface area contributed by atoms with Crippen LogP contribution in [0.3, 0.4) is 0 Å². The zero-order chi connectivity index (χ0) is 13.2. The SMILES string of the molecule is COc1ccc(N)cc1OCC1CC2CCN1CC2. The maximum atomic E-state index is 5.95. The van der Waals surface area contributed by atoms with Crippen LogP contribution in [0.2, 0.25) is 0 Å².